The molecule has 1 aromatic carbocycles. The summed E-state index contributed by atoms with van der Waals surface area (Å²) in [5.74, 6) is -0.468. The minimum absolute atomic E-state index is 0.233. The number of amides is 1. The van der Waals surface area contributed by atoms with Gasteiger partial charge in [0, 0.05) is 17.5 Å². The van der Waals surface area contributed by atoms with Crippen LogP contribution < -0.4 is 11.1 Å². The molecule has 0 aliphatic carbocycles. The molecule has 0 fully saturated rings. The number of thiazole rings is 1. The molecule has 0 bridgehead atoms. The van der Waals surface area contributed by atoms with Gasteiger partial charge >= 0.3 is 0 Å². The lowest BCUT2D eigenvalue weighted by Crippen LogP contribution is -2.35. The van der Waals surface area contributed by atoms with E-state index in [1.54, 1.807) is 24.4 Å². The largest absolute Gasteiger partial charge is 0.320 e. The van der Waals surface area contributed by atoms with Crippen LogP contribution in [-0.2, 0) is 11.2 Å². The van der Waals surface area contributed by atoms with E-state index >= 15 is 0 Å². The number of halogens is 1. The molecule has 0 saturated heterocycles. The predicted molar refractivity (Wildman–Crippen MR) is 82.8 cm³/mol. The second kappa shape index (κ2) is 7.28. The van der Waals surface area contributed by atoms with Gasteiger partial charge in [0.15, 0.2) is 5.13 Å². The lowest BCUT2D eigenvalue weighted by molar-refractivity contribution is -0.117. The van der Waals surface area contributed by atoms with Crippen LogP contribution in [-0.4, -0.2) is 16.9 Å². The first-order valence-corrected chi connectivity index (χ1v) is 7.66. The van der Waals surface area contributed by atoms with E-state index in [1.165, 1.54) is 17.4 Å². The molecule has 2 rings (SSSR count). The highest BCUT2D eigenvalue weighted by molar-refractivity contribution is 7.15. The van der Waals surface area contributed by atoms with Crippen molar-refractivity contribution in [1.29, 1.82) is 0 Å². The summed E-state index contributed by atoms with van der Waals surface area (Å²) in [5.41, 5.74) is 6.35. The van der Waals surface area contributed by atoms with Crippen LogP contribution in [0.3, 0.4) is 0 Å². The third-order valence-corrected chi connectivity index (χ3v) is 3.96. The van der Waals surface area contributed by atoms with E-state index in [9.17, 15) is 9.18 Å². The average molecular weight is 307 g/mol. The number of rotatable bonds is 6. The maximum atomic E-state index is 13.6. The molecule has 2 aromatic rings. The third-order valence-electron chi connectivity index (χ3n) is 3.04. The van der Waals surface area contributed by atoms with Crippen molar-refractivity contribution in [3.8, 4) is 0 Å². The van der Waals surface area contributed by atoms with Crippen LogP contribution in [0, 0.1) is 5.82 Å². The molecule has 112 valence electrons. The SMILES string of the molecule is CCCC(N)C(=O)Nc1ncc(Cc2ccccc2F)s1. The van der Waals surface area contributed by atoms with E-state index in [2.05, 4.69) is 10.3 Å². The van der Waals surface area contributed by atoms with Crippen LogP contribution in [0.25, 0.3) is 0 Å². The van der Waals surface area contributed by atoms with Gasteiger partial charge in [-0.2, -0.15) is 0 Å². The van der Waals surface area contributed by atoms with Crippen molar-refractivity contribution in [2.45, 2.75) is 32.2 Å². The molecule has 6 heteroatoms. The molecule has 21 heavy (non-hydrogen) atoms. The zero-order valence-electron chi connectivity index (χ0n) is 11.8. The summed E-state index contributed by atoms with van der Waals surface area (Å²) in [5, 5.41) is 3.20. The highest BCUT2D eigenvalue weighted by atomic mass is 32.1. The third kappa shape index (κ3) is 4.34. The minimum atomic E-state index is -0.520. The van der Waals surface area contributed by atoms with E-state index in [1.807, 2.05) is 6.92 Å². The zero-order valence-corrected chi connectivity index (χ0v) is 12.6. The topological polar surface area (TPSA) is 68.0 Å². The van der Waals surface area contributed by atoms with Crippen LogP contribution in [0.2, 0.25) is 0 Å². The maximum absolute atomic E-state index is 13.6. The van der Waals surface area contributed by atoms with E-state index < -0.39 is 6.04 Å². The molecule has 1 amide bonds. The normalized spacial score (nSPS) is 12.1. The van der Waals surface area contributed by atoms with Crippen molar-refractivity contribution in [3.05, 3.63) is 46.7 Å². The van der Waals surface area contributed by atoms with Crippen molar-refractivity contribution in [2.24, 2.45) is 5.73 Å². The summed E-state index contributed by atoms with van der Waals surface area (Å²) in [6.45, 7) is 1.98. The van der Waals surface area contributed by atoms with Crippen LogP contribution >= 0.6 is 11.3 Å². The van der Waals surface area contributed by atoms with Gasteiger partial charge in [-0.15, -0.1) is 11.3 Å². The van der Waals surface area contributed by atoms with Gasteiger partial charge in [-0.3, -0.25) is 4.79 Å². The number of aromatic nitrogens is 1. The van der Waals surface area contributed by atoms with Gasteiger partial charge in [-0.25, -0.2) is 9.37 Å². The van der Waals surface area contributed by atoms with Crippen molar-refractivity contribution in [2.75, 3.05) is 5.32 Å². The minimum Gasteiger partial charge on any atom is -0.320 e. The predicted octanol–water partition coefficient (Wildman–Crippen LogP) is 2.94. The quantitative estimate of drug-likeness (QED) is 0.862. The molecule has 1 atom stereocenters. The Labute approximate surface area is 127 Å². The summed E-state index contributed by atoms with van der Waals surface area (Å²) in [7, 11) is 0. The molecular weight excluding hydrogens is 289 g/mol. The first kappa shape index (κ1) is 15.6. The lowest BCUT2D eigenvalue weighted by atomic mass is 10.1. The maximum Gasteiger partial charge on any atom is 0.243 e. The zero-order chi connectivity index (χ0) is 15.2. The Hall–Kier alpha value is -1.79. The number of nitrogens with zero attached hydrogens (tertiary/aromatic N) is 1. The Balaban J connectivity index is 1.99. The van der Waals surface area contributed by atoms with Gasteiger partial charge in [-0.05, 0) is 18.1 Å². The summed E-state index contributed by atoms with van der Waals surface area (Å²) in [6.07, 6.45) is 3.60. The lowest BCUT2D eigenvalue weighted by Gasteiger charge is -2.08. The van der Waals surface area contributed by atoms with Crippen LogP contribution in [0.4, 0.5) is 9.52 Å². The first-order chi connectivity index (χ1) is 10.1. The van der Waals surface area contributed by atoms with Crippen LogP contribution in [0.15, 0.2) is 30.5 Å². The van der Waals surface area contributed by atoms with Crippen LogP contribution in [0.5, 0.6) is 0 Å². The molecule has 0 aliphatic rings. The number of carbonyl (C=O) groups is 1. The fraction of sp³-hybridized carbons (Fsp3) is 0.333. The fourth-order valence-electron chi connectivity index (χ4n) is 1.92. The number of carbonyl (C=O) groups excluding carboxylic acids is 1. The standard InChI is InChI=1S/C15H18FN3OS/c1-2-5-13(17)14(20)19-15-18-9-11(21-15)8-10-6-3-4-7-12(10)16/h3-4,6-7,9,13H,2,5,8,17H2,1H3,(H,18,19,20). The number of nitrogens with one attached hydrogen (secondary N) is 1. The average Bonchev–Trinajstić information content (AvgIpc) is 2.89. The van der Waals surface area contributed by atoms with Gasteiger partial charge in [-0.1, -0.05) is 31.5 Å². The Morgan fingerprint density at radius 1 is 1.48 bits per heavy atom. The highest BCUT2D eigenvalue weighted by Gasteiger charge is 2.14. The van der Waals surface area contributed by atoms with Gasteiger partial charge in [0.1, 0.15) is 5.82 Å². The van der Waals surface area contributed by atoms with Gasteiger partial charge in [0.25, 0.3) is 0 Å². The summed E-state index contributed by atoms with van der Waals surface area (Å²) in [4.78, 5) is 16.8. The second-order valence-corrected chi connectivity index (χ2v) is 5.90. The monoisotopic (exact) mass is 307 g/mol. The van der Waals surface area contributed by atoms with E-state index in [0.29, 0.717) is 23.5 Å². The molecule has 0 aliphatic heterocycles. The Kier molecular flexibility index (Phi) is 5.41. The summed E-state index contributed by atoms with van der Waals surface area (Å²) >= 11 is 1.33. The second-order valence-electron chi connectivity index (χ2n) is 4.78. The summed E-state index contributed by atoms with van der Waals surface area (Å²) in [6, 6.07) is 6.11. The first-order valence-electron chi connectivity index (χ1n) is 6.84. The number of nitrogens with two attached hydrogens (primary N) is 1. The Bertz CT molecular complexity index is 614. The molecule has 3 N–H and O–H groups in total. The molecule has 1 unspecified atom stereocenters. The smallest absolute Gasteiger partial charge is 0.243 e. The molecule has 1 aromatic heterocycles. The number of anilines is 1. The van der Waals surface area contributed by atoms with Crippen molar-refractivity contribution in [1.82, 2.24) is 4.98 Å². The van der Waals surface area contributed by atoms with E-state index in [-0.39, 0.29) is 11.7 Å². The van der Waals surface area contributed by atoms with Crippen molar-refractivity contribution in [3.63, 3.8) is 0 Å². The summed E-state index contributed by atoms with van der Waals surface area (Å²) < 4.78 is 13.6. The van der Waals surface area contributed by atoms with Gasteiger partial charge in [0.05, 0.1) is 6.04 Å². The molecule has 0 spiro atoms. The Morgan fingerprint density at radius 3 is 2.95 bits per heavy atom. The van der Waals surface area contributed by atoms with Crippen molar-refractivity contribution >= 4 is 22.4 Å². The van der Waals surface area contributed by atoms with Crippen molar-refractivity contribution < 1.29 is 9.18 Å². The molecular formula is C15H18FN3OS. The van der Waals surface area contributed by atoms with Crippen LogP contribution in [0.1, 0.15) is 30.2 Å². The molecule has 0 radical (unpaired) electrons. The van der Waals surface area contributed by atoms with Gasteiger partial charge < -0.3 is 11.1 Å². The highest BCUT2D eigenvalue weighted by Crippen LogP contribution is 2.22. The number of hydrogen-bond donors (Lipinski definition) is 2. The number of benzene rings is 1. The number of hydrogen-bond acceptors (Lipinski definition) is 4. The van der Waals surface area contributed by atoms with E-state index in [4.69, 9.17) is 5.73 Å². The Morgan fingerprint density at radius 2 is 2.24 bits per heavy atom. The van der Waals surface area contributed by atoms with Gasteiger partial charge in [0.2, 0.25) is 5.91 Å². The molecule has 1 heterocycles. The fourth-order valence-corrected chi connectivity index (χ4v) is 2.76. The van der Waals surface area contributed by atoms with E-state index in [0.717, 1.165) is 11.3 Å². The molecule has 0 saturated carbocycles. The molecule has 4 nitrogen and oxygen atoms in total.